The molecular formula is C25H33ClN2O6. The Morgan fingerprint density at radius 2 is 2.03 bits per heavy atom. The van der Waals surface area contributed by atoms with E-state index >= 15 is 0 Å². The standard InChI is InChI=1S/C25H33ClN2O6/c1-6-33-23(32)19-18-22(31)28(17(12-29)13(2)3)20(25(18)11-14(4)24(19,5)34-25)21(30)27-16-10-8-7-9-15(16)26/h7-10,13-14,17-20,29H,6,11-12H2,1-5H3,(H,27,30)/t14?,17-,18-,19+,20?,24-,25?/m0/s1. The minimum atomic E-state index is -1.21. The average Bonchev–Trinajstić information content (AvgIpc) is 3.28. The minimum Gasteiger partial charge on any atom is -0.466 e. The topological polar surface area (TPSA) is 105 Å². The number of nitrogens with one attached hydrogen (secondary N) is 1. The highest BCUT2D eigenvalue weighted by molar-refractivity contribution is 6.33. The highest BCUT2D eigenvalue weighted by atomic mass is 35.5. The molecule has 3 unspecified atom stereocenters. The molecule has 0 radical (unpaired) electrons. The van der Waals surface area contributed by atoms with Crippen LogP contribution in [0.2, 0.25) is 5.02 Å². The SMILES string of the molecule is CCOC(=O)[C@H]1[C@H]2C(=O)N([C@@H](CO)C(C)C)C(C(=O)Nc3ccccc3Cl)C23CC(C)[C@]1(C)O3. The summed E-state index contributed by atoms with van der Waals surface area (Å²) in [5.41, 5.74) is -1.73. The molecular weight excluding hydrogens is 460 g/mol. The van der Waals surface area contributed by atoms with E-state index in [1.807, 2.05) is 27.7 Å². The maximum Gasteiger partial charge on any atom is 0.312 e. The Morgan fingerprint density at radius 1 is 1.35 bits per heavy atom. The largest absolute Gasteiger partial charge is 0.466 e. The van der Waals surface area contributed by atoms with Gasteiger partial charge in [0.25, 0.3) is 0 Å². The number of hydrogen-bond donors (Lipinski definition) is 2. The van der Waals surface area contributed by atoms with Crippen LogP contribution in [-0.4, -0.2) is 64.3 Å². The van der Waals surface area contributed by atoms with Crippen LogP contribution in [-0.2, 0) is 23.9 Å². The maximum absolute atomic E-state index is 14.0. The number of aliphatic hydroxyl groups is 1. The van der Waals surface area contributed by atoms with Crippen molar-refractivity contribution in [3.63, 3.8) is 0 Å². The number of aliphatic hydroxyl groups excluding tert-OH is 1. The third-order valence-electron chi connectivity index (χ3n) is 7.99. The second-order valence-corrected chi connectivity index (χ2v) is 10.6. The van der Waals surface area contributed by atoms with Gasteiger partial charge in [0, 0.05) is 0 Å². The lowest BCUT2D eigenvalue weighted by Gasteiger charge is -2.38. The Balaban J connectivity index is 1.83. The first-order valence-electron chi connectivity index (χ1n) is 11.9. The number of amides is 2. The fraction of sp³-hybridized carbons (Fsp3) is 0.640. The third-order valence-corrected chi connectivity index (χ3v) is 8.32. The van der Waals surface area contributed by atoms with Crippen LogP contribution in [0.4, 0.5) is 5.69 Å². The van der Waals surface area contributed by atoms with Crippen molar-refractivity contribution in [2.75, 3.05) is 18.5 Å². The molecule has 7 atom stereocenters. The van der Waals surface area contributed by atoms with E-state index in [1.165, 1.54) is 4.90 Å². The molecule has 2 amide bonds. The van der Waals surface area contributed by atoms with Gasteiger partial charge >= 0.3 is 5.97 Å². The van der Waals surface area contributed by atoms with Crippen molar-refractivity contribution in [2.24, 2.45) is 23.7 Å². The Kier molecular flexibility index (Phi) is 6.46. The van der Waals surface area contributed by atoms with Crippen LogP contribution in [0.25, 0.3) is 0 Å². The van der Waals surface area contributed by atoms with Gasteiger partial charge in [-0.2, -0.15) is 0 Å². The van der Waals surface area contributed by atoms with Crippen molar-refractivity contribution in [3.05, 3.63) is 29.3 Å². The number of likely N-dealkylation sites (tertiary alicyclic amines) is 1. The molecule has 2 N–H and O–H groups in total. The van der Waals surface area contributed by atoms with Gasteiger partial charge in [-0.1, -0.05) is 44.5 Å². The molecule has 8 nitrogen and oxygen atoms in total. The lowest BCUT2D eigenvalue weighted by molar-refractivity contribution is -0.162. The Labute approximate surface area is 204 Å². The number of ether oxygens (including phenoxy) is 2. The number of para-hydroxylation sites is 1. The predicted octanol–water partition coefficient (Wildman–Crippen LogP) is 2.87. The molecule has 3 aliphatic rings. The van der Waals surface area contributed by atoms with E-state index < -0.39 is 47.0 Å². The summed E-state index contributed by atoms with van der Waals surface area (Å²) >= 11 is 6.29. The first-order valence-corrected chi connectivity index (χ1v) is 12.3. The monoisotopic (exact) mass is 492 g/mol. The second-order valence-electron chi connectivity index (χ2n) is 10.2. The molecule has 3 saturated heterocycles. The normalized spacial score (nSPS) is 34.9. The molecule has 1 spiro atoms. The summed E-state index contributed by atoms with van der Waals surface area (Å²) in [4.78, 5) is 42.4. The summed E-state index contributed by atoms with van der Waals surface area (Å²) in [7, 11) is 0. The quantitative estimate of drug-likeness (QED) is 0.567. The van der Waals surface area contributed by atoms with E-state index in [1.54, 1.807) is 31.2 Å². The van der Waals surface area contributed by atoms with Gasteiger partial charge < -0.3 is 24.8 Å². The summed E-state index contributed by atoms with van der Waals surface area (Å²) in [6.07, 6.45) is 0.434. The lowest BCUT2D eigenvalue weighted by Crippen LogP contribution is -2.57. The Morgan fingerprint density at radius 3 is 2.62 bits per heavy atom. The van der Waals surface area contributed by atoms with Gasteiger partial charge in [-0.3, -0.25) is 14.4 Å². The molecule has 0 saturated carbocycles. The molecule has 3 heterocycles. The fourth-order valence-corrected chi connectivity index (χ4v) is 6.49. The summed E-state index contributed by atoms with van der Waals surface area (Å²) < 4.78 is 12.0. The molecule has 2 bridgehead atoms. The van der Waals surface area contributed by atoms with Gasteiger partial charge in [0.05, 0.1) is 41.5 Å². The van der Waals surface area contributed by atoms with Gasteiger partial charge in [-0.05, 0) is 44.2 Å². The highest BCUT2D eigenvalue weighted by Crippen LogP contribution is 2.65. The van der Waals surface area contributed by atoms with E-state index in [0.29, 0.717) is 17.1 Å². The number of anilines is 1. The third kappa shape index (κ3) is 3.45. The van der Waals surface area contributed by atoms with E-state index in [2.05, 4.69) is 5.32 Å². The van der Waals surface area contributed by atoms with E-state index in [9.17, 15) is 19.5 Å². The molecule has 1 aromatic carbocycles. The van der Waals surface area contributed by atoms with Crippen molar-refractivity contribution in [3.8, 4) is 0 Å². The second kappa shape index (κ2) is 8.81. The summed E-state index contributed by atoms with van der Waals surface area (Å²) in [6.45, 7) is 9.15. The zero-order chi connectivity index (χ0) is 25.0. The van der Waals surface area contributed by atoms with Crippen LogP contribution >= 0.6 is 11.6 Å². The smallest absolute Gasteiger partial charge is 0.312 e. The molecule has 3 aliphatic heterocycles. The first-order chi connectivity index (χ1) is 16.0. The van der Waals surface area contributed by atoms with Crippen molar-refractivity contribution in [2.45, 2.75) is 64.3 Å². The highest BCUT2D eigenvalue weighted by Gasteiger charge is 2.80. The lowest BCUT2D eigenvalue weighted by atomic mass is 9.62. The van der Waals surface area contributed by atoms with E-state index in [0.717, 1.165) is 0 Å². The fourth-order valence-electron chi connectivity index (χ4n) is 6.31. The Bertz CT molecular complexity index is 1000. The van der Waals surface area contributed by atoms with Gasteiger partial charge in [0.15, 0.2) is 0 Å². The number of rotatable bonds is 7. The molecule has 0 aliphatic carbocycles. The van der Waals surface area contributed by atoms with Crippen LogP contribution < -0.4 is 5.32 Å². The van der Waals surface area contributed by atoms with Gasteiger partial charge in [-0.25, -0.2) is 0 Å². The summed E-state index contributed by atoms with van der Waals surface area (Å²) in [6, 6.07) is 5.20. The Hall–Kier alpha value is -2.16. The molecule has 4 rings (SSSR count). The van der Waals surface area contributed by atoms with Crippen LogP contribution in [0, 0.1) is 23.7 Å². The summed E-state index contributed by atoms with van der Waals surface area (Å²) in [5, 5.41) is 13.5. The number of halogens is 1. The zero-order valence-electron chi connectivity index (χ0n) is 20.2. The van der Waals surface area contributed by atoms with Crippen LogP contribution in [0.1, 0.15) is 41.0 Å². The van der Waals surface area contributed by atoms with Crippen molar-refractivity contribution < 1.29 is 29.0 Å². The van der Waals surface area contributed by atoms with Crippen molar-refractivity contribution in [1.29, 1.82) is 0 Å². The first kappa shape index (κ1) is 24.9. The average molecular weight is 493 g/mol. The van der Waals surface area contributed by atoms with Gasteiger partial charge in [0.1, 0.15) is 17.6 Å². The van der Waals surface area contributed by atoms with Crippen molar-refractivity contribution >= 4 is 35.1 Å². The minimum absolute atomic E-state index is 0.0897. The molecule has 3 fully saturated rings. The molecule has 1 aromatic rings. The van der Waals surface area contributed by atoms with E-state index in [4.69, 9.17) is 21.1 Å². The number of esters is 1. The molecule has 0 aromatic heterocycles. The number of fused-ring (bicyclic) bond motifs is 1. The predicted molar refractivity (Wildman–Crippen MR) is 126 cm³/mol. The zero-order valence-corrected chi connectivity index (χ0v) is 21.0. The molecule has 186 valence electrons. The number of carbonyl (C=O) groups is 3. The van der Waals surface area contributed by atoms with E-state index in [-0.39, 0.29) is 31.0 Å². The molecule has 34 heavy (non-hydrogen) atoms. The maximum atomic E-state index is 14.0. The van der Waals surface area contributed by atoms with Crippen LogP contribution in [0.3, 0.4) is 0 Å². The molecule has 9 heteroatoms. The van der Waals surface area contributed by atoms with Crippen LogP contribution in [0.15, 0.2) is 24.3 Å². The summed E-state index contributed by atoms with van der Waals surface area (Å²) in [5.74, 6) is -3.24. The number of hydrogen-bond acceptors (Lipinski definition) is 6. The van der Waals surface area contributed by atoms with Crippen molar-refractivity contribution in [1.82, 2.24) is 4.90 Å². The van der Waals surface area contributed by atoms with Gasteiger partial charge in [0.2, 0.25) is 11.8 Å². The van der Waals surface area contributed by atoms with Crippen LogP contribution in [0.5, 0.6) is 0 Å². The van der Waals surface area contributed by atoms with Gasteiger partial charge in [-0.15, -0.1) is 0 Å². The number of nitrogens with zero attached hydrogens (tertiary/aromatic N) is 1. The number of benzene rings is 1. The number of carbonyl (C=O) groups excluding carboxylic acids is 3.